The van der Waals surface area contributed by atoms with Crippen LogP contribution in [-0.2, 0) is 6.42 Å². The van der Waals surface area contributed by atoms with Gasteiger partial charge in [0.2, 0.25) is 0 Å². The zero-order valence-corrected chi connectivity index (χ0v) is 7.31. The summed E-state index contributed by atoms with van der Waals surface area (Å²) in [6.45, 7) is 0. The molecule has 0 saturated heterocycles. The Morgan fingerprint density at radius 3 is 3.09 bits per heavy atom. The number of aromatic amines is 1. The van der Waals surface area contributed by atoms with Crippen LogP contribution < -0.4 is 5.56 Å². The number of rotatable bonds is 0. The Morgan fingerprint density at radius 2 is 2.36 bits per heavy atom. The van der Waals surface area contributed by atoms with Crippen LogP contribution in [0.2, 0.25) is 0 Å². The molecular weight excluding hydrogens is 206 g/mol. The van der Waals surface area contributed by atoms with Crippen molar-refractivity contribution in [2.45, 2.75) is 6.42 Å². The molecule has 11 heavy (non-hydrogen) atoms. The molecule has 0 atom stereocenters. The van der Waals surface area contributed by atoms with Gasteiger partial charge >= 0.3 is 0 Å². The minimum atomic E-state index is 0.0215. The van der Waals surface area contributed by atoms with Crippen LogP contribution in [0, 0.1) is 0 Å². The number of fused-ring (bicyclic) bond motifs is 1. The van der Waals surface area contributed by atoms with E-state index >= 15 is 0 Å². The van der Waals surface area contributed by atoms with Gasteiger partial charge < -0.3 is 4.98 Å². The number of hydrogen-bond donors (Lipinski definition) is 1. The SMILES string of the molecule is O=c1[nH]cc(Br)c2c1CC=C2. The molecule has 0 bridgehead atoms. The predicted molar refractivity (Wildman–Crippen MR) is 47.5 cm³/mol. The number of halogens is 1. The van der Waals surface area contributed by atoms with Gasteiger partial charge in [0.25, 0.3) is 5.56 Å². The molecule has 1 aromatic rings. The van der Waals surface area contributed by atoms with Gasteiger partial charge in [0.05, 0.1) is 0 Å². The third-order valence-electron chi connectivity index (χ3n) is 1.79. The van der Waals surface area contributed by atoms with Gasteiger partial charge in [-0.15, -0.1) is 0 Å². The lowest BCUT2D eigenvalue weighted by Gasteiger charge is -1.98. The van der Waals surface area contributed by atoms with E-state index in [9.17, 15) is 4.79 Å². The Hall–Kier alpha value is -0.830. The molecule has 0 saturated carbocycles. The Kier molecular flexibility index (Phi) is 1.46. The van der Waals surface area contributed by atoms with Crippen LogP contribution in [0.1, 0.15) is 11.1 Å². The van der Waals surface area contributed by atoms with Gasteiger partial charge in [0.15, 0.2) is 0 Å². The summed E-state index contributed by atoms with van der Waals surface area (Å²) in [6, 6.07) is 0. The quantitative estimate of drug-likeness (QED) is 0.697. The molecule has 0 aliphatic heterocycles. The van der Waals surface area contributed by atoms with E-state index in [0.29, 0.717) is 0 Å². The molecule has 56 valence electrons. The molecule has 0 fully saturated rings. The smallest absolute Gasteiger partial charge is 0.252 e. The Bertz CT molecular complexity index is 378. The molecular formula is C8H6BrNO. The summed E-state index contributed by atoms with van der Waals surface area (Å²) in [5, 5.41) is 0. The number of H-pyrrole nitrogens is 1. The fourth-order valence-electron chi connectivity index (χ4n) is 1.24. The normalized spacial score (nSPS) is 13.5. The summed E-state index contributed by atoms with van der Waals surface area (Å²) in [7, 11) is 0. The van der Waals surface area contributed by atoms with Gasteiger partial charge in [-0.05, 0) is 27.9 Å². The van der Waals surface area contributed by atoms with Crippen LogP contribution in [0.4, 0.5) is 0 Å². The van der Waals surface area contributed by atoms with E-state index in [1.807, 2.05) is 12.2 Å². The van der Waals surface area contributed by atoms with Crippen molar-refractivity contribution in [3.05, 3.63) is 38.2 Å². The van der Waals surface area contributed by atoms with Crippen LogP contribution >= 0.6 is 15.9 Å². The van der Waals surface area contributed by atoms with Crippen molar-refractivity contribution in [1.29, 1.82) is 0 Å². The van der Waals surface area contributed by atoms with Crippen LogP contribution in [0.5, 0.6) is 0 Å². The topological polar surface area (TPSA) is 32.9 Å². The van der Waals surface area contributed by atoms with Crippen LogP contribution in [0.15, 0.2) is 21.5 Å². The Morgan fingerprint density at radius 1 is 1.55 bits per heavy atom. The summed E-state index contributed by atoms with van der Waals surface area (Å²) >= 11 is 3.36. The third kappa shape index (κ3) is 0.959. The largest absolute Gasteiger partial charge is 0.328 e. The second-order valence-corrected chi connectivity index (χ2v) is 3.32. The van der Waals surface area contributed by atoms with Crippen molar-refractivity contribution in [3.8, 4) is 0 Å². The molecule has 1 aliphatic carbocycles. The highest BCUT2D eigenvalue weighted by Gasteiger charge is 2.11. The van der Waals surface area contributed by atoms with E-state index in [0.717, 1.165) is 22.0 Å². The molecule has 0 aromatic carbocycles. The Labute approximate surface area is 72.1 Å². The van der Waals surface area contributed by atoms with E-state index in [4.69, 9.17) is 0 Å². The molecule has 2 nitrogen and oxygen atoms in total. The minimum absolute atomic E-state index is 0.0215. The minimum Gasteiger partial charge on any atom is -0.328 e. The highest BCUT2D eigenvalue weighted by Crippen LogP contribution is 2.23. The van der Waals surface area contributed by atoms with E-state index < -0.39 is 0 Å². The first-order chi connectivity index (χ1) is 5.29. The molecule has 0 amide bonds. The molecule has 1 aliphatic rings. The maximum Gasteiger partial charge on any atom is 0.252 e. The number of aromatic nitrogens is 1. The van der Waals surface area contributed by atoms with Crippen LogP contribution in [-0.4, -0.2) is 4.98 Å². The van der Waals surface area contributed by atoms with E-state index in [2.05, 4.69) is 20.9 Å². The molecule has 2 rings (SSSR count). The van der Waals surface area contributed by atoms with Gasteiger partial charge in [-0.25, -0.2) is 0 Å². The van der Waals surface area contributed by atoms with Crippen molar-refractivity contribution in [2.24, 2.45) is 0 Å². The lowest BCUT2D eigenvalue weighted by Crippen LogP contribution is -2.11. The van der Waals surface area contributed by atoms with Crippen LogP contribution in [0.3, 0.4) is 0 Å². The first kappa shape index (κ1) is 6.85. The summed E-state index contributed by atoms with van der Waals surface area (Å²) in [5.41, 5.74) is 1.90. The van der Waals surface area contributed by atoms with Gasteiger partial charge in [-0.2, -0.15) is 0 Å². The fourth-order valence-corrected chi connectivity index (χ4v) is 1.72. The van der Waals surface area contributed by atoms with E-state index in [1.165, 1.54) is 0 Å². The fraction of sp³-hybridized carbons (Fsp3) is 0.125. The van der Waals surface area contributed by atoms with Gasteiger partial charge in [0.1, 0.15) is 0 Å². The summed E-state index contributed by atoms with van der Waals surface area (Å²) in [4.78, 5) is 13.8. The summed E-state index contributed by atoms with van der Waals surface area (Å²) in [6.07, 6.45) is 6.39. The number of pyridine rings is 1. The van der Waals surface area contributed by atoms with Gasteiger partial charge in [-0.3, -0.25) is 4.79 Å². The summed E-state index contributed by atoms with van der Waals surface area (Å²) in [5.74, 6) is 0. The lowest BCUT2D eigenvalue weighted by molar-refractivity contribution is 1.13. The van der Waals surface area contributed by atoms with Crippen molar-refractivity contribution >= 4 is 22.0 Å². The third-order valence-corrected chi connectivity index (χ3v) is 2.45. The molecule has 1 aromatic heterocycles. The van der Waals surface area contributed by atoms with E-state index in [-0.39, 0.29) is 5.56 Å². The molecule has 0 spiro atoms. The average molecular weight is 212 g/mol. The van der Waals surface area contributed by atoms with Crippen molar-refractivity contribution in [1.82, 2.24) is 4.98 Å². The average Bonchev–Trinajstić information content (AvgIpc) is 2.45. The predicted octanol–water partition coefficient (Wildman–Crippen LogP) is 1.71. The first-order valence-corrected chi connectivity index (χ1v) is 4.15. The standard InChI is InChI=1S/C8H6BrNO/c9-7-4-10-8(11)6-3-1-2-5(6)7/h1-2,4H,3H2,(H,10,11). The number of allylic oxidation sites excluding steroid dienone is 1. The molecule has 3 heteroatoms. The second-order valence-electron chi connectivity index (χ2n) is 2.46. The Balaban J connectivity index is 2.81. The second kappa shape index (κ2) is 2.34. The maximum atomic E-state index is 11.1. The highest BCUT2D eigenvalue weighted by molar-refractivity contribution is 9.10. The summed E-state index contributed by atoms with van der Waals surface area (Å²) < 4.78 is 0.959. The first-order valence-electron chi connectivity index (χ1n) is 3.35. The maximum absolute atomic E-state index is 11.1. The van der Waals surface area contributed by atoms with Crippen LogP contribution in [0.25, 0.3) is 6.08 Å². The highest BCUT2D eigenvalue weighted by atomic mass is 79.9. The lowest BCUT2D eigenvalue weighted by atomic mass is 10.2. The zero-order chi connectivity index (χ0) is 7.84. The van der Waals surface area contributed by atoms with E-state index in [1.54, 1.807) is 6.20 Å². The molecule has 0 unspecified atom stereocenters. The van der Waals surface area contributed by atoms with Gasteiger partial charge in [0, 0.05) is 16.2 Å². The van der Waals surface area contributed by atoms with Crippen molar-refractivity contribution in [3.63, 3.8) is 0 Å². The monoisotopic (exact) mass is 211 g/mol. The van der Waals surface area contributed by atoms with Crippen molar-refractivity contribution < 1.29 is 0 Å². The molecule has 1 heterocycles. The zero-order valence-electron chi connectivity index (χ0n) is 5.73. The molecule has 1 N–H and O–H groups in total. The van der Waals surface area contributed by atoms with Gasteiger partial charge in [-0.1, -0.05) is 12.2 Å². The van der Waals surface area contributed by atoms with Crippen molar-refractivity contribution in [2.75, 3.05) is 0 Å². The number of nitrogens with one attached hydrogen (secondary N) is 1. The molecule has 0 radical (unpaired) electrons. The number of hydrogen-bond acceptors (Lipinski definition) is 1.